The Morgan fingerprint density at radius 2 is 1.92 bits per heavy atom. The number of ether oxygens (including phenoxy) is 1. The molecule has 0 atom stereocenters. The van der Waals surface area contributed by atoms with Crippen molar-refractivity contribution in [2.75, 3.05) is 36.1 Å². The molecule has 4 N–H and O–H groups in total. The van der Waals surface area contributed by atoms with E-state index in [-0.39, 0.29) is 11.7 Å². The fourth-order valence-corrected chi connectivity index (χ4v) is 2.55. The van der Waals surface area contributed by atoms with E-state index in [4.69, 9.17) is 5.73 Å². The molecular weight excluding hydrogens is 349 g/mol. The second-order valence-corrected chi connectivity index (χ2v) is 5.91. The highest BCUT2D eigenvalue weighted by molar-refractivity contribution is 5.54. The Labute approximate surface area is 148 Å². The zero-order chi connectivity index (χ0) is 18.7. The van der Waals surface area contributed by atoms with E-state index >= 15 is 0 Å². The number of likely N-dealkylation sites (N-methyl/N-ethyl adjacent to an activating group) is 1. The van der Waals surface area contributed by atoms with Crippen molar-refractivity contribution < 1.29 is 17.9 Å². The van der Waals surface area contributed by atoms with Crippen LogP contribution >= 0.6 is 0 Å². The third kappa shape index (κ3) is 4.66. The van der Waals surface area contributed by atoms with Gasteiger partial charge >= 0.3 is 6.36 Å². The molecule has 1 aromatic heterocycles. The fourth-order valence-electron chi connectivity index (χ4n) is 2.55. The molecular formula is C16H19F3N6O. The second-order valence-electron chi connectivity index (χ2n) is 5.91. The van der Waals surface area contributed by atoms with Crippen LogP contribution in [0.3, 0.4) is 0 Å². The third-order valence-electron chi connectivity index (χ3n) is 3.97. The SMILES string of the molecule is CNC1CN(c2cc(NCc3ccc(OC(F)(F)F)cc3)nc(N)n2)C1. The number of nitrogens with zero attached hydrogens (tertiary/aromatic N) is 3. The zero-order valence-electron chi connectivity index (χ0n) is 14.0. The number of nitrogens with two attached hydrogens (primary N) is 1. The lowest BCUT2D eigenvalue weighted by atomic mass is 10.1. The van der Waals surface area contributed by atoms with Crippen LogP contribution in [0.2, 0.25) is 0 Å². The van der Waals surface area contributed by atoms with Crippen molar-refractivity contribution in [2.24, 2.45) is 0 Å². The molecule has 26 heavy (non-hydrogen) atoms. The molecule has 1 fully saturated rings. The summed E-state index contributed by atoms with van der Waals surface area (Å²) < 4.78 is 40.3. The Kier molecular flexibility index (Phi) is 5.03. The van der Waals surface area contributed by atoms with Crippen LogP contribution in [0.15, 0.2) is 30.3 Å². The number of nitrogen functional groups attached to an aromatic ring is 1. The van der Waals surface area contributed by atoms with E-state index in [0.29, 0.717) is 18.4 Å². The van der Waals surface area contributed by atoms with Crippen molar-refractivity contribution in [3.05, 3.63) is 35.9 Å². The largest absolute Gasteiger partial charge is 0.573 e. The number of benzene rings is 1. The second kappa shape index (κ2) is 7.24. The van der Waals surface area contributed by atoms with Gasteiger partial charge in [-0.05, 0) is 24.7 Å². The van der Waals surface area contributed by atoms with E-state index in [1.807, 2.05) is 7.05 Å². The molecule has 0 spiro atoms. The summed E-state index contributed by atoms with van der Waals surface area (Å²) in [6.07, 6.45) is -4.70. The monoisotopic (exact) mass is 368 g/mol. The molecule has 1 aliphatic heterocycles. The number of nitrogens with one attached hydrogen (secondary N) is 2. The third-order valence-corrected chi connectivity index (χ3v) is 3.97. The first-order valence-electron chi connectivity index (χ1n) is 7.98. The van der Waals surface area contributed by atoms with Crippen LogP contribution in [0.25, 0.3) is 0 Å². The molecule has 1 saturated heterocycles. The predicted molar refractivity (Wildman–Crippen MR) is 92.0 cm³/mol. The smallest absolute Gasteiger partial charge is 0.406 e. The summed E-state index contributed by atoms with van der Waals surface area (Å²) in [4.78, 5) is 10.4. The van der Waals surface area contributed by atoms with Crippen molar-refractivity contribution >= 4 is 17.6 Å². The Morgan fingerprint density at radius 3 is 2.54 bits per heavy atom. The fraction of sp³-hybridized carbons (Fsp3) is 0.375. The molecule has 0 bridgehead atoms. The number of halogens is 3. The minimum atomic E-state index is -4.70. The Balaban J connectivity index is 1.60. The number of rotatable bonds is 6. The molecule has 10 heteroatoms. The van der Waals surface area contributed by atoms with Gasteiger partial charge in [0.05, 0.1) is 0 Å². The maximum Gasteiger partial charge on any atom is 0.573 e. The van der Waals surface area contributed by atoms with Gasteiger partial charge in [0.1, 0.15) is 17.4 Å². The van der Waals surface area contributed by atoms with Crippen LogP contribution < -0.4 is 26.0 Å². The average Bonchev–Trinajstić information content (AvgIpc) is 2.51. The first-order valence-corrected chi connectivity index (χ1v) is 7.98. The summed E-state index contributed by atoms with van der Waals surface area (Å²) in [6, 6.07) is 7.85. The van der Waals surface area contributed by atoms with Crippen LogP contribution in [0.4, 0.5) is 30.8 Å². The molecule has 0 amide bonds. The predicted octanol–water partition coefficient (Wildman–Crippen LogP) is 1.98. The number of hydrogen-bond donors (Lipinski definition) is 3. The molecule has 0 unspecified atom stereocenters. The van der Waals surface area contributed by atoms with Crippen LogP contribution in [0, 0.1) is 0 Å². The van der Waals surface area contributed by atoms with Gasteiger partial charge < -0.3 is 26.0 Å². The van der Waals surface area contributed by atoms with Crippen molar-refractivity contribution in [1.82, 2.24) is 15.3 Å². The van der Waals surface area contributed by atoms with Gasteiger partial charge in [0, 0.05) is 31.7 Å². The standard InChI is InChI=1S/C16H19F3N6O/c1-21-11-8-25(9-11)14-6-13(23-15(20)24-14)22-7-10-2-4-12(5-3-10)26-16(17,18)19/h2-6,11,21H,7-9H2,1H3,(H3,20,22,23,24). The van der Waals surface area contributed by atoms with Gasteiger partial charge in [-0.2, -0.15) is 9.97 Å². The lowest BCUT2D eigenvalue weighted by Crippen LogP contribution is -2.57. The van der Waals surface area contributed by atoms with Crippen LogP contribution in [-0.2, 0) is 6.54 Å². The molecule has 0 radical (unpaired) electrons. The summed E-state index contributed by atoms with van der Waals surface area (Å²) in [6.45, 7) is 2.06. The summed E-state index contributed by atoms with van der Waals surface area (Å²) in [5.74, 6) is 1.19. The Morgan fingerprint density at radius 1 is 1.23 bits per heavy atom. The number of alkyl halides is 3. The van der Waals surface area contributed by atoms with Gasteiger partial charge in [0.2, 0.25) is 5.95 Å². The van der Waals surface area contributed by atoms with Crippen LogP contribution in [-0.4, -0.2) is 42.5 Å². The highest BCUT2D eigenvalue weighted by Gasteiger charge is 2.31. The van der Waals surface area contributed by atoms with E-state index in [0.717, 1.165) is 24.5 Å². The Bertz CT molecular complexity index is 747. The first kappa shape index (κ1) is 18.1. The van der Waals surface area contributed by atoms with Crippen molar-refractivity contribution in [3.63, 3.8) is 0 Å². The average molecular weight is 368 g/mol. The van der Waals surface area contributed by atoms with Gasteiger partial charge in [-0.15, -0.1) is 13.2 Å². The van der Waals surface area contributed by atoms with Crippen molar-refractivity contribution in [1.29, 1.82) is 0 Å². The highest BCUT2D eigenvalue weighted by Crippen LogP contribution is 2.24. The lowest BCUT2D eigenvalue weighted by Gasteiger charge is -2.40. The van der Waals surface area contributed by atoms with E-state index in [1.165, 1.54) is 12.1 Å². The van der Waals surface area contributed by atoms with E-state index in [9.17, 15) is 13.2 Å². The normalized spacial score (nSPS) is 14.8. The minimum absolute atomic E-state index is 0.159. The molecule has 1 aliphatic rings. The van der Waals surface area contributed by atoms with Gasteiger partial charge in [-0.3, -0.25) is 0 Å². The number of aromatic nitrogens is 2. The summed E-state index contributed by atoms with van der Waals surface area (Å²) in [5.41, 5.74) is 6.54. The number of hydrogen-bond acceptors (Lipinski definition) is 7. The quantitative estimate of drug-likeness (QED) is 0.718. The van der Waals surface area contributed by atoms with Crippen molar-refractivity contribution in [2.45, 2.75) is 18.9 Å². The van der Waals surface area contributed by atoms with E-state index in [2.05, 4.69) is 30.2 Å². The van der Waals surface area contributed by atoms with Gasteiger partial charge in [0.25, 0.3) is 0 Å². The maximum atomic E-state index is 12.2. The molecule has 0 saturated carbocycles. The minimum Gasteiger partial charge on any atom is -0.406 e. The lowest BCUT2D eigenvalue weighted by molar-refractivity contribution is -0.274. The summed E-state index contributed by atoms with van der Waals surface area (Å²) in [5, 5.41) is 6.28. The molecule has 1 aromatic carbocycles. The van der Waals surface area contributed by atoms with Crippen LogP contribution in [0.5, 0.6) is 5.75 Å². The highest BCUT2D eigenvalue weighted by atomic mass is 19.4. The molecule has 0 aliphatic carbocycles. The summed E-state index contributed by atoms with van der Waals surface area (Å²) in [7, 11) is 1.91. The van der Waals surface area contributed by atoms with Gasteiger partial charge in [-0.1, -0.05) is 12.1 Å². The zero-order valence-corrected chi connectivity index (χ0v) is 14.0. The molecule has 3 rings (SSSR count). The molecule has 140 valence electrons. The van der Waals surface area contributed by atoms with Gasteiger partial charge in [0.15, 0.2) is 0 Å². The first-order chi connectivity index (χ1) is 12.3. The topological polar surface area (TPSA) is 88.3 Å². The Hall–Kier alpha value is -2.75. The molecule has 2 heterocycles. The van der Waals surface area contributed by atoms with Crippen LogP contribution in [0.1, 0.15) is 5.56 Å². The summed E-state index contributed by atoms with van der Waals surface area (Å²) >= 11 is 0. The van der Waals surface area contributed by atoms with Crippen molar-refractivity contribution in [3.8, 4) is 5.75 Å². The molecule has 7 nitrogen and oxygen atoms in total. The molecule has 2 aromatic rings. The van der Waals surface area contributed by atoms with Gasteiger partial charge in [-0.25, -0.2) is 0 Å². The van der Waals surface area contributed by atoms with E-state index < -0.39 is 6.36 Å². The maximum absolute atomic E-state index is 12.2. The van der Waals surface area contributed by atoms with E-state index in [1.54, 1.807) is 18.2 Å². The number of anilines is 3.